The third-order valence-electron chi connectivity index (χ3n) is 4.56. The van der Waals surface area contributed by atoms with Crippen LogP contribution in [0.4, 0.5) is 5.69 Å². The number of benzene rings is 1. The molecule has 0 unspecified atom stereocenters. The van der Waals surface area contributed by atoms with Crippen LogP contribution in [0.5, 0.6) is 0 Å². The summed E-state index contributed by atoms with van der Waals surface area (Å²) in [5.74, 6) is 0.351. The van der Waals surface area contributed by atoms with E-state index in [0.717, 1.165) is 34.5 Å². The van der Waals surface area contributed by atoms with Crippen molar-refractivity contribution in [2.24, 2.45) is 0 Å². The highest BCUT2D eigenvalue weighted by molar-refractivity contribution is 6.07. The number of anilines is 1. The maximum atomic E-state index is 11.7. The van der Waals surface area contributed by atoms with Crippen LogP contribution in [0.3, 0.4) is 0 Å². The zero-order valence-corrected chi connectivity index (χ0v) is 15.0. The van der Waals surface area contributed by atoms with Crippen LogP contribution in [0, 0.1) is 5.41 Å². The molecule has 0 saturated carbocycles. The quantitative estimate of drug-likeness (QED) is 0.586. The molecule has 1 aliphatic rings. The summed E-state index contributed by atoms with van der Waals surface area (Å²) < 4.78 is 0. The first-order valence-corrected chi connectivity index (χ1v) is 8.60. The monoisotopic (exact) mass is 349 g/mol. The van der Waals surface area contributed by atoms with Crippen LogP contribution >= 0.6 is 0 Å². The van der Waals surface area contributed by atoms with E-state index >= 15 is 0 Å². The van der Waals surface area contributed by atoms with Crippen molar-refractivity contribution in [1.82, 2.24) is 15.2 Å². The fraction of sp³-hybridized carbons (Fsp3) is 0.250. The average Bonchev–Trinajstić information content (AvgIpc) is 2.68. The average molecular weight is 349 g/mol. The second-order valence-corrected chi connectivity index (χ2v) is 6.21. The van der Waals surface area contributed by atoms with Crippen molar-refractivity contribution >= 4 is 17.4 Å². The molecule has 0 bridgehead atoms. The topological polar surface area (TPSA) is 81.1 Å². The third kappa shape index (κ3) is 3.91. The van der Waals surface area contributed by atoms with Crippen LogP contribution in [0.25, 0.3) is 11.1 Å². The molecule has 1 aromatic carbocycles. The number of carbonyl (C=O) groups excluding carboxylic acids is 1. The van der Waals surface area contributed by atoms with E-state index in [1.165, 1.54) is 0 Å². The van der Waals surface area contributed by atoms with Gasteiger partial charge in [0.15, 0.2) is 0 Å². The van der Waals surface area contributed by atoms with E-state index in [1.54, 1.807) is 24.2 Å². The van der Waals surface area contributed by atoms with Crippen molar-refractivity contribution in [3.8, 4) is 11.1 Å². The van der Waals surface area contributed by atoms with Gasteiger partial charge in [0.2, 0.25) is 5.91 Å². The molecular formula is C20H23N5O. The van der Waals surface area contributed by atoms with Gasteiger partial charge in [-0.2, -0.15) is 0 Å². The van der Waals surface area contributed by atoms with Gasteiger partial charge < -0.3 is 15.5 Å². The number of amidine groups is 1. The Morgan fingerprint density at radius 1 is 1.12 bits per heavy atom. The van der Waals surface area contributed by atoms with Gasteiger partial charge in [-0.15, -0.1) is 0 Å². The molecule has 0 saturated heterocycles. The minimum Gasteiger partial charge on any atom is -0.391 e. The van der Waals surface area contributed by atoms with E-state index < -0.39 is 0 Å². The summed E-state index contributed by atoms with van der Waals surface area (Å²) in [6, 6.07) is 11.9. The summed E-state index contributed by atoms with van der Waals surface area (Å²) in [6.07, 6.45) is 4.27. The highest BCUT2D eigenvalue weighted by Crippen LogP contribution is 2.22. The molecule has 0 spiro atoms. The molecule has 1 aliphatic heterocycles. The van der Waals surface area contributed by atoms with E-state index in [-0.39, 0.29) is 5.91 Å². The number of nitrogens with zero attached hydrogens (tertiary/aromatic N) is 2. The van der Waals surface area contributed by atoms with Crippen LogP contribution in [0.2, 0.25) is 0 Å². The summed E-state index contributed by atoms with van der Waals surface area (Å²) in [5, 5.41) is 14.8. The molecule has 2 heterocycles. The van der Waals surface area contributed by atoms with Crippen molar-refractivity contribution in [2.75, 3.05) is 25.5 Å². The minimum absolute atomic E-state index is 0.0344. The second kappa shape index (κ2) is 7.82. The number of hydrogen-bond acceptors (Lipinski definition) is 4. The van der Waals surface area contributed by atoms with E-state index in [1.807, 2.05) is 43.4 Å². The van der Waals surface area contributed by atoms with Crippen LogP contribution in [0.15, 0.2) is 60.1 Å². The Labute approximate surface area is 153 Å². The van der Waals surface area contributed by atoms with Gasteiger partial charge in [0.1, 0.15) is 5.84 Å². The normalized spacial score (nSPS) is 14.2. The highest BCUT2D eigenvalue weighted by atomic mass is 16.2. The van der Waals surface area contributed by atoms with Crippen LogP contribution < -0.4 is 10.6 Å². The fourth-order valence-electron chi connectivity index (χ4n) is 3.05. The second-order valence-electron chi connectivity index (χ2n) is 6.21. The van der Waals surface area contributed by atoms with Gasteiger partial charge in [-0.05, 0) is 35.4 Å². The van der Waals surface area contributed by atoms with E-state index in [9.17, 15) is 4.79 Å². The number of carbonyl (C=O) groups is 1. The van der Waals surface area contributed by atoms with Crippen LogP contribution in [0.1, 0.15) is 13.3 Å². The molecule has 134 valence electrons. The van der Waals surface area contributed by atoms with Crippen molar-refractivity contribution in [3.63, 3.8) is 0 Å². The molecule has 0 atom stereocenters. The SMILES string of the molecule is CNC1=C(C(=N)Nc2ccc(-c3ccncc3)cc2)CN(C(C)=O)CC1. The molecule has 26 heavy (non-hydrogen) atoms. The van der Waals surface area contributed by atoms with Gasteiger partial charge in [0, 0.05) is 56.3 Å². The molecular weight excluding hydrogens is 326 g/mol. The molecule has 6 heteroatoms. The Balaban J connectivity index is 1.74. The van der Waals surface area contributed by atoms with Crippen LogP contribution in [-0.4, -0.2) is 41.8 Å². The fourth-order valence-corrected chi connectivity index (χ4v) is 3.05. The van der Waals surface area contributed by atoms with Gasteiger partial charge >= 0.3 is 0 Å². The predicted molar refractivity (Wildman–Crippen MR) is 104 cm³/mol. The number of amides is 1. The molecule has 3 N–H and O–H groups in total. The largest absolute Gasteiger partial charge is 0.391 e. The van der Waals surface area contributed by atoms with Gasteiger partial charge in [0.25, 0.3) is 0 Å². The summed E-state index contributed by atoms with van der Waals surface area (Å²) in [4.78, 5) is 17.5. The predicted octanol–water partition coefficient (Wildman–Crippen LogP) is 2.86. The zero-order valence-electron chi connectivity index (χ0n) is 15.0. The first-order chi connectivity index (χ1) is 12.6. The van der Waals surface area contributed by atoms with Gasteiger partial charge in [-0.1, -0.05) is 12.1 Å². The Bertz CT molecular complexity index is 827. The van der Waals surface area contributed by atoms with Gasteiger partial charge in [-0.3, -0.25) is 15.2 Å². The molecule has 1 aromatic heterocycles. The lowest BCUT2D eigenvalue weighted by atomic mass is 10.0. The van der Waals surface area contributed by atoms with E-state index in [0.29, 0.717) is 18.9 Å². The molecule has 1 amide bonds. The van der Waals surface area contributed by atoms with Gasteiger partial charge in [-0.25, -0.2) is 0 Å². The Morgan fingerprint density at radius 3 is 2.38 bits per heavy atom. The molecule has 6 nitrogen and oxygen atoms in total. The van der Waals surface area contributed by atoms with Gasteiger partial charge in [0.05, 0.1) is 6.54 Å². The summed E-state index contributed by atoms with van der Waals surface area (Å²) in [7, 11) is 1.86. The smallest absolute Gasteiger partial charge is 0.219 e. The third-order valence-corrected chi connectivity index (χ3v) is 4.56. The molecule has 3 rings (SSSR count). The molecule has 2 aromatic rings. The van der Waals surface area contributed by atoms with Crippen LogP contribution in [-0.2, 0) is 4.79 Å². The lowest BCUT2D eigenvalue weighted by Crippen LogP contribution is -2.40. The number of nitrogens with one attached hydrogen (secondary N) is 3. The first-order valence-electron chi connectivity index (χ1n) is 8.60. The Morgan fingerprint density at radius 2 is 1.77 bits per heavy atom. The molecule has 0 fully saturated rings. The first kappa shape index (κ1) is 17.7. The summed E-state index contributed by atoms with van der Waals surface area (Å²) in [6.45, 7) is 2.70. The molecule has 0 aliphatic carbocycles. The number of aromatic nitrogens is 1. The van der Waals surface area contributed by atoms with Crippen molar-refractivity contribution in [1.29, 1.82) is 5.41 Å². The number of pyridine rings is 1. The van der Waals surface area contributed by atoms with E-state index in [4.69, 9.17) is 5.41 Å². The maximum Gasteiger partial charge on any atom is 0.219 e. The summed E-state index contributed by atoms with van der Waals surface area (Å²) >= 11 is 0. The standard InChI is InChI=1S/C20H23N5O/c1-14(26)25-12-9-19(22-2)18(13-25)20(21)24-17-5-3-15(4-6-17)16-7-10-23-11-8-16/h3-8,10-11,22H,9,12-13H2,1-2H3,(H2,21,24). The lowest BCUT2D eigenvalue weighted by Gasteiger charge is -2.30. The molecule has 0 radical (unpaired) electrons. The number of rotatable bonds is 4. The lowest BCUT2D eigenvalue weighted by molar-refractivity contribution is -0.128. The minimum atomic E-state index is 0.0344. The summed E-state index contributed by atoms with van der Waals surface area (Å²) in [5.41, 5.74) is 4.88. The highest BCUT2D eigenvalue weighted by Gasteiger charge is 2.23. The van der Waals surface area contributed by atoms with E-state index in [2.05, 4.69) is 15.6 Å². The van der Waals surface area contributed by atoms with Crippen molar-refractivity contribution in [2.45, 2.75) is 13.3 Å². The van der Waals surface area contributed by atoms with Crippen molar-refractivity contribution in [3.05, 3.63) is 60.1 Å². The Hall–Kier alpha value is -3.15. The number of hydrogen-bond donors (Lipinski definition) is 3. The Kier molecular flexibility index (Phi) is 5.31. The maximum absolute atomic E-state index is 11.7. The van der Waals surface area contributed by atoms with Crippen molar-refractivity contribution < 1.29 is 4.79 Å². The zero-order chi connectivity index (χ0) is 18.5.